The monoisotopic (exact) mass is 395 g/mol. The summed E-state index contributed by atoms with van der Waals surface area (Å²) in [6, 6.07) is 7.91. The van der Waals surface area contributed by atoms with Gasteiger partial charge in [-0.1, -0.05) is 13.8 Å². The molecule has 0 atom stereocenters. The summed E-state index contributed by atoms with van der Waals surface area (Å²) < 4.78 is 7.58. The fourth-order valence-electron chi connectivity index (χ4n) is 4.58. The van der Waals surface area contributed by atoms with Crippen molar-refractivity contribution >= 4 is 17.4 Å². The van der Waals surface area contributed by atoms with E-state index in [1.165, 1.54) is 0 Å². The van der Waals surface area contributed by atoms with Gasteiger partial charge in [-0.05, 0) is 55.9 Å². The highest BCUT2D eigenvalue weighted by Crippen LogP contribution is 2.38. The molecule has 1 saturated heterocycles. The molecule has 0 bridgehead atoms. The Kier molecular flexibility index (Phi) is 4.99. The molecule has 1 aromatic heterocycles. The Labute approximate surface area is 171 Å². The molecule has 4 rings (SSSR count). The number of aromatic nitrogens is 1. The quantitative estimate of drug-likeness (QED) is 0.828. The first-order valence-electron chi connectivity index (χ1n) is 10.3. The second kappa shape index (κ2) is 7.34. The topological polar surface area (TPSA) is 86.3 Å². The molecule has 1 amide bonds. The summed E-state index contributed by atoms with van der Waals surface area (Å²) in [5.74, 6) is -0.249. The Bertz CT molecular complexity index is 968. The van der Waals surface area contributed by atoms with Gasteiger partial charge in [-0.25, -0.2) is 0 Å². The van der Waals surface area contributed by atoms with Crippen molar-refractivity contribution in [3.8, 4) is 5.69 Å². The highest BCUT2D eigenvalue weighted by Gasteiger charge is 2.34. The number of aryl methyl sites for hydroxylation is 1. The number of Topliss-reactive ketones (excluding diaryl/α,β-unsaturated/α-hetero) is 1. The number of ether oxygens (including phenoxy) is 1. The molecule has 1 aromatic carbocycles. The largest absolute Gasteiger partial charge is 0.381 e. The molecule has 2 aromatic rings. The molecule has 2 heterocycles. The van der Waals surface area contributed by atoms with Crippen molar-refractivity contribution in [1.82, 2.24) is 4.57 Å². The molecule has 1 fully saturated rings. The number of carbonyl (C=O) groups is 2. The average Bonchev–Trinajstić information content (AvgIpc) is 2.97. The number of hydrogen-bond donors (Lipinski definition) is 2. The maximum atomic E-state index is 12.7. The molecule has 29 heavy (non-hydrogen) atoms. The van der Waals surface area contributed by atoms with Crippen LogP contribution < -0.4 is 11.1 Å². The Morgan fingerprint density at radius 2 is 1.93 bits per heavy atom. The van der Waals surface area contributed by atoms with Crippen LogP contribution in [0.4, 0.5) is 5.69 Å². The van der Waals surface area contributed by atoms with E-state index in [4.69, 9.17) is 10.5 Å². The van der Waals surface area contributed by atoms with Crippen molar-refractivity contribution in [3.05, 3.63) is 46.8 Å². The molecular weight excluding hydrogens is 366 g/mol. The first-order chi connectivity index (χ1) is 13.7. The normalized spacial score (nSPS) is 19.1. The number of ketones is 1. The molecule has 6 nitrogen and oxygen atoms in total. The van der Waals surface area contributed by atoms with Crippen molar-refractivity contribution in [2.24, 2.45) is 11.1 Å². The van der Waals surface area contributed by atoms with Crippen LogP contribution in [0.3, 0.4) is 0 Å². The maximum Gasteiger partial charge on any atom is 0.250 e. The highest BCUT2D eigenvalue weighted by atomic mass is 16.5. The van der Waals surface area contributed by atoms with Gasteiger partial charge in [0.2, 0.25) is 0 Å². The third-order valence-electron chi connectivity index (χ3n) is 5.98. The van der Waals surface area contributed by atoms with E-state index in [-0.39, 0.29) is 17.2 Å². The predicted molar refractivity (Wildman–Crippen MR) is 113 cm³/mol. The van der Waals surface area contributed by atoms with Gasteiger partial charge in [0, 0.05) is 54.0 Å². The Hall–Kier alpha value is -2.60. The molecule has 6 heteroatoms. The van der Waals surface area contributed by atoms with Gasteiger partial charge in [-0.2, -0.15) is 0 Å². The van der Waals surface area contributed by atoms with Gasteiger partial charge >= 0.3 is 0 Å². The van der Waals surface area contributed by atoms with E-state index in [0.717, 1.165) is 47.6 Å². The van der Waals surface area contributed by atoms with Crippen molar-refractivity contribution < 1.29 is 14.3 Å². The van der Waals surface area contributed by atoms with Crippen LogP contribution in [-0.4, -0.2) is 35.5 Å². The lowest BCUT2D eigenvalue weighted by molar-refractivity contribution is 0.0902. The van der Waals surface area contributed by atoms with Crippen LogP contribution in [0.1, 0.15) is 65.2 Å². The number of anilines is 1. The van der Waals surface area contributed by atoms with E-state index >= 15 is 0 Å². The lowest BCUT2D eigenvalue weighted by Gasteiger charge is -2.30. The summed E-state index contributed by atoms with van der Waals surface area (Å²) >= 11 is 0. The van der Waals surface area contributed by atoms with Crippen LogP contribution >= 0.6 is 0 Å². The second-order valence-corrected chi connectivity index (χ2v) is 9.05. The number of nitrogens with zero attached hydrogens (tertiary/aromatic N) is 1. The molecule has 154 valence electrons. The zero-order chi connectivity index (χ0) is 20.8. The minimum Gasteiger partial charge on any atom is -0.381 e. The summed E-state index contributed by atoms with van der Waals surface area (Å²) in [4.78, 5) is 24.7. The third-order valence-corrected chi connectivity index (χ3v) is 5.98. The SMILES string of the molecule is Cc1cc2c(n1-c1ccc(C(N)=O)c(NC3CCOCC3)c1)CC(C)(C)CC2=O. The number of fused-ring (bicyclic) bond motifs is 1. The molecule has 2 aliphatic rings. The lowest BCUT2D eigenvalue weighted by Crippen LogP contribution is -2.29. The van der Waals surface area contributed by atoms with E-state index < -0.39 is 5.91 Å². The second-order valence-electron chi connectivity index (χ2n) is 9.05. The number of nitrogens with two attached hydrogens (primary N) is 1. The average molecular weight is 396 g/mol. The van der Waals surface area contributed by atoms with Crippen LogP contribution in [0.5, 0.6) is 0 Å². The first kappa shape index (κ1) is 19.7. The third kappa shape index (κ3) is 3.81. The van der Waals surface area contributed by atoms with Crippen LogP contribution in [0.15, 0.2) is 24.3 Å². The lowest BCUT2D eigenvalue weighted by atomic mass is 9.76. The van der Waals surface area contributed by atoms with Gasteiger partial charge < -0.3 is 20.4 Å². The smallest absolute Gasteiger partial charge is 0.250 e. The first-order valence-corrected chi connectivity index (χ1v) is 10.3. The molecular formula is C23H29N3O3. The summed E-state index contributed by atoms with van der Waals surface area (Å²) in [7, 11) is 0. The molecule has 0 saturated carbocycles. The van der Waals surface area contributed by atoms with E-state index in [2.05, 4.69) is 23.7 Å². The van der Waals surface area contributed by atoms with Crippen LogP contribution in [-0.2, 0) is 11.2 Å². The minimum atomic E-state index is -0.450. The van der Waals surface area contributed by atoms with Gasteiger partial charge in [-0.15, -0.1) is 0 Å². The zero-order valence-corrected chi connectivity index (χ0v) is 17.4. The number of amides is 1. The number of carbonyl (C=O) groups excluding carboxylic acids is 2. The van der Waals surface area contributed by atoms with Crippen LogP contribution in [0.2, 0.25) is 0 Å². The molecule has 1 aliphatic heterocycles. The van der Waals surface area contributed by atoms with E-state index in [1.807, 2.05) is 25.1 Å². The Balaban J connectivity index is 1.77. The summed E-state index contributed by atoms with van der Waals surface area (Å²) in [5, 5.41) is 3.50. The van der Waals surface area contributed by atoms with Crippen molar-refractivity contribution in [1.29, 1.82) is 0 Å². The number of benzene rings is 1. The summed E-state index contributed by atoms with van der Waals surface area (Å²) in [6.07, 6.45) is 3.19. The molecule has 0 radical (unpaired) electrons. The van der Waals surface area contributed by atoms with Crippen LogP contribution in [0, 0.1) is 12.3 Å². The predicted octanol–water partition coefficient (Wildman–Crippen LogP) is 3.63. The summed E-state index contributed by atoms with van der Waals surface area (Å²) in [6.45, 7) is 7.71. The van der Waals surface area contributed by atoms with Gasteiger partial charge in [0.05, 0.1) is 5.56 Å². The number of rotatable bonds is 4. The van der Waals surface area contributed by atoms with Gasteiger partial charge in [0.15, 0.2) is 5.78 Å². The molecule has 0 spiro atoms. The van der Waals surface area contributed by atoms with Gasteiger partial charge in [0.1, 0.15) is 0 Å². The van der Waals surface area contributed by atoms with E-state index in [0.29, 0.717) is 25.2 Å². The van der Waals surface area contributed by atoms with E-state index in [9.17, 15) is 9.59 Å². The number of hydrogen-bond acceptors (Lipinski definition) is 4. The molecule has 0 unspecified atom stereocenters. The van der Waals surface area contributed by atoms with Crippen molar-refractivity contribution in [2.75, 3.05) is 18.5 Å². The Morgan fingerprint density at radius 1 is 1.21 bits per heavy atom. The molecule has 1 aliphatic carbocycles. The van der Waals surface area contributed by atoms with Crippen molar-refractivity contribution in [3.63, 3.8) is 0 Å². The van der Waals surface area contributed by atoms with E-state index in [1.54, 1.807) is 6.07 Å². The van der Waals surface area contributed by atoms with Gasteiger partial charge in [-0.3, -0.25) is 9.59 Å². The highest BCUT2D eigenvalue weighted by molar-refractivity contribution is 6.00. The fourth-order valence-corrected chi connectivity index (χ4v) is 4.58. The standard InChI is InChI=1S/C23H29N3O3/c1-14-10-18-20(12-23(2,3)13-21(18)27)26(14)16-4-5-17(22(24)28)19(11-16)25-15-6-8-29-9-7-15/h4-5,10-11,15,25H,6-9,12-13H2,1-3H3,(H2,24,28). The van der Waals surface area contributed by atoms with Gasteiger partial charge in [0.25, 0.3) is 5.91 Å². The zero-order valence-electron chi connectivity index (χ0n) is 17.4. The Morgan fingerprint density at radius 3 is 2.62 bits per heavy atom. The molecule has 3 N–H and O–H groups in total. The summed E-state index contributed by atoms with van der Waals surface area (Å²) in [5.41, 5.74) is 10.6. The van der Waals surface area contributed by atoms with Crippen molar-refractivity contribution in [2.45, 2.75) is 52.5 Å². The number of primary amides is 1. The minimum absolute atomic E-state index is 0.0665. The van der Waals surface area contributed by atoms with Crippen LogP contribution in [0.25, 0.3) is 5.69 Å². The fraction of sp³-hybridized carbons (Fsp3) is 0.478. The number of nitrogens with one attached hydrogen (secondary N) is 1. The maximum absolute atomic E-state index is 12.7.